The van der Waals surface area contributed by atoms with Gasteiger partial charge in [0, 0.05) is 0 Å². The zero-order valence-corrected chi connectivity index (χ0v) is 13.9. The lowest BCUT2D eigenvalue weighted by molar-refractivity contribution is -0.118. The van der Waals surface area contributed by atoms with Crippen LogP contribution in [0.5, 0.6) is 11.5 Å². The number of amides is 1. The topological polar surface area (TPSA) is 62.1 Å². The lowest BCUT2D eigenvalue weighted by atomic mass is 10.0. The van der Waals surface area contributed by atoms with E-state index in [1.54, 1.807) is 42.3 Å². The molecule has 5 nitrogen and oxygen atoms in total. The van der Waals surface area contributed by atoms with Gasteiger partial charge in [-0.2, -0.15) is 0 Å². The van der Waals surface area contributed by atoms with E-state index in [2.05, 4.69) is 4.99 Å². The first kappa shape index (κ1) is 16.1. The fraction of sp³-hybridized carbons (Fsp3) is 0.263. The zero-order valence-electron chi connectivity index (χ0n) is 13.9. The van der Waals surface area contributed by atoms with Crippen LogP contribution in [0.3, 0.4) is 0 Å². The van der Waals surface area contributed by atoms with Crippen molar-refractivity contribution in [2.45, 2.75) is 19.9 Å². The largest absolute Gasteiger partial charge is 0.507 e. The molecule has 1 atom stereocenters. The van der Waals surface area contributed by atoms with E-state index in [4.69, 9.17) is 4.74 Å². The summed E-state index contributed by atoms with van der Waals surface area (Å²) in [5, 5.41) is 10.2. The van der Waals surface area contributed by atoms with E-state index < -0.39 is 6.04 Å². The molecule has 0 bridgehead atoms. The summed E-state index contributed by atoms with van der Waals surface area (Å²) < 4.78 is 5.17. The monoisotopic (exact) mass is 324 g/mol. The molecule has 1 unspecified atom stereocenters. The van der Waals surface area contributed by atoms with Crippen LogP contribution in [0.2, 0.25) is 0 Å². The van der Waals surface area contributed by atoms with Crippen molar-refractivity contribution in [2.24, 2.45) is 10.9 Å². The van der Waals surface area contributed by atoms with E-state index in [1.807, 2.05) is 32.0 Å². The van der Waals surface area contributed by atoms with Crippen LogP contribution >= 0.6 is 0 Å². The molecule has 1 heterocycles. The van der Waals surface area contributed by atoms with Gasteiger partial charge in [0.2, 0.25) is 0 Å². The van der Waals surface area contributed by atoms with Crippen LogP contribution in [0.25, 0.3) is 0 Å². The van der Waals surface area contributed by atoms with Crippen molar-refractivity contribution in [1.82, 2.24) is 0 Å². The SMILES string of the molecule is COc1ccc(N2C(=O)C(C(C)C)N=C2c2ccccc2O)cc1. The molecule has 0 saturated heterocycles. The number of carbonyl (C=O) groups excluding carboxylic acids is 1. The number of hydrogen-bond acceptors (Lipinski definition) is 4. The van der Waals surface area contributed by atoms with Gasteiger partial charge < -0.3 is 9.84 Å². The molecule has 2 aromatic carbocycles. The van der Waals surface area contributed by atoms with Crippen LogP contribution in [0, 0.1) is 5.92 Å². The minimum absolute atomic E-state index is 0.0709. The second kappa shape index (κ2) is 6.35. The van der Waals surface area contributed by atoms with E-state index in [0.29, 0.717) is 22.8 Å². The molecule has 3 rings (SSSR count). The molecule has 0 aliphatic carbocycles. The number of carbonyl (C=O) groups is 1. The summed E-state index contributed by atoms with van der Waals surface area (Å²) in [6.07, 6.45) is 0. The maximum absolute atomic E-state index is 12.9. The van der Waals surface area contributed by atoms with Gasteiger partial charge >= 0.3 is 0 Å². The second-order valence-corrected chi connectivity index (χ2v) is 6.03. The third-order valence-electron chi connectivity index (χ3n) is 4.05. The molecule has 24 heavy (non-hydrogen) atoms. The number of aromatic hydroxyl groups is 1. The highest BCUT2D eigenvalue weighted by molar-refractivity contribution is 6.29. The van der Waals surface area contributed by atoms with Crippen LogP contribution in [0.15, 0.2) is 53.5 Å². The van der Waals surface area contributed by atoms with E-state index >= 15 is 0 Å². The third kappa shape index (κ3) is 2.73. The number of phenolic OH excluding ortho intramolecular Hbond substituents is 1. The predicted octanol–water partition coefficient (Wildman–Crippen LogP) is 3.22. The molecular weight excluding hydrogens is 304 g/mol. The first-order valence-corrected chi connectivity index (χ1v) is 7.87. The van der Waals surface area contributed by atoms with Crippen molar-refractivity contribution in [3.05, 3.63) is 54.1 Å². The van der Waals surface area contributed by atoms with E-state index in [9.17, 15) is 9.90 Å². The normalized spacial score (nSPS) is 17.3. The van der Waals surface area contributed by atoms with Crippen LogP contribution < -0.4 is 9.64 Å². The van der Waals surface area contributed by atoms with Gasteiger partial charge in [0.25, 0.3) is 5.91 Å². The fourth-order valence-electron chi connectivity index (χ4n) is 2.75. The molecule has 0 aromatic heterocycles. The van der Waals surface area contributed by atoms with Crippen LogP contribution in [0.4, 0.5) is 5.69 Å². The summed E-state index contributed by atoms with van der Waals surface area (Å²) in [5.41, 5.74) is 1.25. The first-order chi connectivity index (χ1) is 11.5. The quantitative estimate of drug-likeness (QED) is 0.939. The maximum Gasteiger partial charge on any atom is 0.257 e. The molecule has 1 aliphatic rings. The molecular formula is C19H20N2O3. The average molecular weight is 324 g/mol. The molecule has 0 spiro atoms. The van der Waals surface area contributed by atoms with Crippen molar-refractivity contribution in [3.63, 3.8) is 0 Å². The van der Waals surface area contributed by atoms with Gasteiger partial charge in [-0.25, -0.2) is 0 Å². The number of benzene rings is 2. The number of nitrogens with zero attached hydrogens (tertiary/aromatic N) is 2. The molecule has 5 heteroatoms. The van der Waals surface area contributed by atoms with Gasteiger partial charge in [0.1, 0.15) is 23.4 Å². The standard InChI is InChI=1S/C19H20N2O3/c1-12(2)17-19(23)21(13-8-10-14(24-3)11-9-13)18(20-17)15-6-4-5-7-16(15)22/h4-12,17,22H,1-3H3. The number of rotatable bonds is 4. The molecule has 1 amide bonds. The minimum Gasteiger partial charge on any atom is -0.507 e. The molecule has 1 N–H and O–H groups in total. The number of ether oxygens (including phenoxy) is 1. The van der Waals surface area contributed by atoms with Gasteiger partial charge in [-0.05, 0) is 42.3 Å². The lowest BCUT2D eigenvalue weighted by Gasteiger charge is -2.20. The molecule has 0 saturated carbocycles. The van der Waals surface area contributed by atoms with Gasteiger partial charge in [-0.15, -0.1) is 0 Å². The number of hydrogen-bond donors (Lipinski definition) is 1. The Morgan fingerprint density at radius 1 is 1.12 bits per heavy atom. The van der Waals surface area contributed by atoms with Crippen molar-refractivity contribution in [3.8, 4) is 11.5 Å². The number of aliphatic imine (C=N–C) groups is 1. The predicted molar refractivity (Wildman–Crippen MR) is 93.7 cm³/mol. The van der Waals surface area contributed by atoms with Crippen LogP contribution in [-0.2, 0) is 4.79 Å². The van der Waals surface area contributed by atoms with E-state index in [-0.39, 0.29) is 17.6 Å². The smallest absolute Gasteiger partial charge is 0.257 e. The summed E-state index contributed by atoms with van der Waals surface area (Å²) in [7, 11) is 1.60. The molecule has 2 aromatic rings. The van der Waals surface area contributed by atoms with Gasteiger partial charge in [-0.1, -0.05) is 26.0 Å². The zero-order chi connectivity index (χ0) is 17.3. The summed E-state index contributed by atoms with van der Waals surface area (Å²) >= 11 is 0. The van der Waals surface area contributed by atoms with Gasteiger partial charge in [0.15, 0.2) is 0 Å². The summed E-state index contributed by atoms with van der Waals surface area (Å²) in [5.74, 6) is 1.27. The highest BCUT2D eigenvalue weighted by atomic mass is 16.5. The molecule has 124 valence electrons. The average Bonchev–Trinajstić information content (AvgIpc) is 2.93. The minimum atomic E-state index is -0.457. The number of para-hydroxylation sites is 1. The van der Waals surface area contributed by atoms with E-state index in [0.717, 1.165) is 0 Å². The highest BCUT2D eigenvalue weighted by Gasteiger charge is 2.38. The molecule has 0 radical (unpaired) electrons. The Bertz CT molecular complexity index is 781. The summed E-state index contributed by atoms with van der Waals surface area (Å²) in [6, 6.07) is 13.7. The summed E-state index contributed by atoms with van der Waals surface area (Å²) in [6.45, 7) is 3.93. The van der Waals surface area contributed by atoms with Crippen molar-refractivity contribution >= 4 is 17.4 Å². The Balaban J connectivity index is 2.09. The number of amidine groups is 1. The van der Waals surface area contributed by atoms with Gasteiger partial charge in [0.05, 0.1) is 18.4 Å². The Hall–Kier alpha value is -2.82. The van der Waals surface area contributed by atoms with Crippen molar-refractivity contribution in [2.75, 3.05) is 12.0 Å². The van der Waals surface area contributed by atoms with Crippen LogP contribution in [-0.4, -0.2) is 30.0 Å². The summed E-state index contributed by atoms with van der Waals surface area (Å²) in [4.78, 5) is 19.1. The second-order valence-electron chi connectivity index (χ2n) is 6.03. The Morgan fingerprint density at radius 3 is 2.38 bits per heavy atom. The first-order valence-electron chi connectivity index (χ1n) is 7.87. The number of phenols is 1. The Morgan fingerprint density at radius 2 is 1.79 bits per heavy atom. The van der Waals surface area contributed by atoms with Crippen molar-refractivity contribution < 1.29 is 14.6 Å². The maximum atomic E-state index is 12.9. The lowest BCUT2D eigenvalue weighted by Crippen LogP contribution is -2.37. The molecule has 1 aliphatic heterocycles. The Kier molecular flexibility index (Phi) is 4.25. The molecule has 0 fully saturated rings. The highest BCUT2D eigenvalue weighted by Crippen LogP contribution is 2.31. The number of methoxy groups -OCH3 is 1. The third-order valence-corrected chi connectivity index (χ3v) is 4.05. The fourth-order valence-corrected chi connectivity index (χ4v) is 2.75. The van der Waals surface area contributed by atoms with E-state index in [1.165, 1.54) is 0 Å². The van der Waals surface area contributed by atoms with Crippen LogP contribution in [0.1, 0.15) is 19.4 Å². The Labute approximate surface area is 141 Å². The number of anilines is 1. The van der Waals surface area contributed by atoms with Gasteiger partial charge in [-0.3, -0.25) is 14.7 Å². The van der Waals surface area contributed by atoms with Crippen molar-refractivity contribution in [1.29, 1.82) is 0 Å².